The number of nitrogens with one attached hydrogen (secondary N) is 1. The van der Waals surface area contributed by atoms with Gasteiger partial charge in [0, 0.05) is 12.1 Å². The molecule has 0 radical (unpaired) electrons. The van der Waals surface area contributed by atoms with Crippen LogP contribution in [0.25, 0.3) is 6.08 Å². The molecular weight excluding hydrogens is 152 g/mol. The molecule has 2 rings (SSSR count). The molecule has 0 aliphatic carbocycles. The normalized spacial score (nSPS) is 13.3. The quantitative estimate of drug-likeness (QED) is 0.639. The van der Waals surface area contributed by atoms with Gasteiger partial charge in [0.05, 0.1) is 0 Å². The van der Waals surface area contributed by atoms with Gasteiger partial charge in [-0.2, -0.15) is 0 Å². The summed E-state index contributed by atoms with van der Waals surface area (Å²) in [6.07, 6.45) is 3.70. The Morgan fingerprint density at radius 1 is 1.42 bits per heavy atom. The molecule has 0 bridgehead atoms. The summed E-state index contributed by atoms with van der Waals surface area (Å²) in [5.41, 5.74) is 2.58. The molecule has 0 unspecified atom stereocenters. The van der Waals surface area contributed by atoms with Gasteiger partial charge in [0.25, 0.3) is 0 Å². The van der Waals surface area contributed by atoms with Gasteiger partial charge in [0.15, 0.2) is 0 Å². The molecular formula is C9H8N2O. The van der Waals surface area contributed by atoms with Gasteiger partial charge in [-0.05, 0) is 29.1 Å². The second-order valence-electron chi connectivity index (χ2n) is 2.66. The van der Waals surface area contributed by atoms with Crippen LogP contribution in [0.5, 0.6) is 0 Å². The van der Waals surface area contributed by atoms with E-state index in [0.29, 0.717) is 5.69 Å². The van der Waals surface area contributed by atoms with E-state index in [1.165, 1.54) is 0 Å². The van der Waals surface area contributed by atoms with Crippen LogP contribution in [0.3, 0.4) is 0 Å². The molecule has 1 N–H and O–H groups in total. The van der Waals surface area contributed by atoms with E-state index in [2.05, 4.69) is 10.5 Å². The molecule has 3 nitrogen and oxygen atoms in total. The Morgan fingerprint density at radius 3 is 3.17 bits per heavy atom. The van der Waals surface area contributed by atoms with Crippen LogP contribution in [0, 0.1) is 4.91 Å². The maximum Gasteiger partial charge on any atom is 0.115 e. The third-order valence-corrected chi connectivity index (χ3v) is 1.93. The predicted octanol–water partition coefficient (Wildman–Crippen LogP) is 2.16. The van der Waals surface area contributed by atoms with Crippen LogP contribution < -0.4 is 5.32 Å². The molecule has 0 fully saturated rings. The number of benzene rings is 1. The highest BCUT2D eigenvalue weighted by molar-refractivity contribution is 5.68. The summed E-state index contributed by atoms with van der Waals surface area (Å²) in [4.78, 5) is 10.4. The van der Waals surface area contributed by atoms with E-state index in [1.807, 2.05) is 24.4 Å². The van der Waals surface area contributed by atoms with Gasteiger partial charge < -0.3 is 5.32 Å². The van der Waals surface area contributed by atoms with Gasteiger partial charge in [-0.15, -0.1) is 4.91 Å². The number of hydrogen-bond donors (Lipinski definition) is 1. The van der Waals surface area contributed by atoms with E-state index in [-0.39, 0.29) is 0 Å². The lowest BCUT2D eigenvalue weighted by atomic mass is 10.0. The molecule has 1 aromatic rings. The van der Waals surface area contributed by atoms with E-state index in [9.17, 15) is 4.91 Å². The molecule has 0 saturated carbocycles. The lowest BCUT2D eigenvalue weighted by Gasteiger charge is -2.11. The molecule has 0 saturated heterocycles. The fourth-order valence-electron chi connectivity index (χ4n) is 1.34. The first kappa shape index (κ1) is 7.03. The highest BCUT2D eigenvalue weighted by atomic mass is 16.3. The van der Waals surface area contributed by atoms with Crippen molar-refractivity contribution in [1.29, 1.82) is 0 Å². The summed E-state index contributed by atoms with van der Waals surface area (Å²) in [6.45, 7) is 0.773. The van der Waals surface area contributed by atoms with Crippen molar-refractivity contribution in [2.75, 3.05) is 0 Å². The SMILES string of the molecule is O=Nc1cccc2c1C=CNC2. The van der Waals surface area contributed by atoms with Crippen LogP contribution in [0.4, 0.5) is 5.69 Å². The Labute approximate surface area is 70.1 Å². The summed E-state index contributed by atoms with van der Waals surface area (Å²) >= 11 is 0. The molecule has 1 aliphatic heterocycles. The molecule has 0 atom stereocenters. The summed E-state index contributed by atoms with van der Waals surface area (Å²) in [6, 6.07) is 5.55. The molecule has 1 heterocycles. The van der Waals surface area contributed by atoms with Crippen LogP contribution >= 0.6 is 0 Å². The second-order valence-corrected chi connectivity index (χ2v) is 2.66. The third-order valence-electron chi connectivity index (χ3n) is 1.93. The van der Waals surface area contributed by atoms with Crippen LogP contribution in [-0.4, -0.2) is 0 Å². The highest BCUT2D eigenvalue weighted by Gasteiger charge is 2.07. The first-order chi connectivity index (χ1) is 5.92. The Hall–Kier alpha value is -1.64. The Balaban J connectivity index is 2.61. The van der Waals surface area contributed by atoms with E-state index < -0.39 is 0 Å². The maximum absolute atomic E-state index is 10.4. The lowest BCUT2D eigenvalue weighted by molar-refractivity contribution is 0.859. The fraction of sp³-hybridized carbons (Fsp3) is 0.111. The van der Waals surface area contributed by atoms with Crippen molar-refractivity contribution < 1.29 is 0 Å². The summed E-state index contributed by atoms with van der Waals surface area (Å²) in [5, 5.41) is 6.02. The van der Waals surface area contributed by atoms with E-state index in [4.69, 9.17) is 0 Å². The summed E-state index contributed by atoms with van der Waals surface area (Å²) in [7, 11) is 0. The predicted molar refractivity (Wildman–Crippen MR) is 47.8 cm³/mol. The Kier molecular flexibility index (Phi) is 1.63. The average molecular weight is 160 g/mol. The van der Waals surface area contributed by atoms with Crippen molar-refractivity contribution in [3.8, 4) is 0 Å². The van der Waals surface area contributed by atoms with Gasteiger partial charge in [-0.3, -0.25) is 0 Å². The zero-order valence-corrected chi connectivity index (χ0v) is 6.45. The number of rotatable bonds is 1. The van der Waals surface area contributed by atoms with Crippen LogP contribution in [-0.2, 0) is 6.54 Å². The van der Waals surface area contributed by atoms with E-state index in [1.54, 1.807) is 6.07 Å². The van der Waals surface area contributed by atoms with Crippen LogP contribution in [0.15, 0.2) is 29.6 Å². The van der Waals surface area contributed by atoms with Crippen molar-refractivity contribution in [1.82, 2.24) is 5.32 Å². The number of fused-ring (bicyclic) bond motifs is 1. The second kappa shape index (κ2) is 2.77. The first-order valence-corrected chi connectivity index (χ1v) is 3.77. The maximum atomic E-state index is 10.4. The van der Waals surface area contributed by atoms with Crippen molar-refractivity contribution >= 4 is 11.8 Å². The Bertz CT molecular complexity index is 344. The van der Waals surface area contributed by atoms with Crippen molar-refractivity contribution in [3.05, 3.63) is 40.4 Å². The summed E-state index contributed by atoms with van der Waals surface area (Å²) in [5.74, 6) is 0. The largest absolute Gasteiger partial charge is 0.387 e. The lowest BCUT2D eigenvalue weighted by Crippen LogP contribution is -2.09. The first-order valence-electron chi connectivity index (χ1n) is 3.77. The monoisotopic (exact) mass is 160 g/mol. The van der Waals surface area contributed by atoms with Gasteiger partial charge >= 0.3 is 0 Å². The smallest absolute Gasteiger partial charge is 0.115 e. The standard InChI is InChI=1S/C9H8N2O/c12-11-9-3-1-2-7-6-10-5-4-8(7)9/h1-5,10H,6H2. The fourth-order valence-corrected chi connectivity index (χ4v) is 1.34. The van der Waals surface area contributed by atoms with Crippen LogP contribution in [0.2, 0.25) is 0 Å². The minimum Gasteiger partial charge on any atom is -0.387 e. The molecule has 0 aromatic heterocycles. The van der Waals surface area contributed by atoms with Gasteiger partial charge in [-0.25, -0.2) is 0 Å². The van der Waals surface area contributed by atoms with Gasteiger partial charge in [0.2, 0.25) is 0 Å². The Morgan fingerprint density at radius 2 is 2.33 bits per heavy atom. The number of hydrogen-bond acceptors (Lipinski definition) is 3. The minimum atomic E-state index is 0.519. The van der Waals surface area contributed by atoms with Crippen LogP contribution in [0.1, 0.15) is 11.1 Å². The van der Waals surface area contributed by atoms with Crippen molar-refractivity contribution in [2.24, 2.45) is 5.18 Å². The topological polar surface area (TPSA) is 41.5 Å². The molecule has 60 valence electrons. The highest BCUT2D eigenvalue weighted by Crippen LogP contribution is 2.25. The zero-order valence-electron chi connectivity index (χ0n) is 6.45. The number of nitroso groups, excluding NO2 is 1. The van der Waals surface area contributed by atoms with E-state index in [0.717, 1.165) is 17.7 Å². The third kappa shape index (κ3) is 0.993. The molecule has 1 aromatic carbocycles. The van der Waals surface area contributed by atoms with Crippen molar-refractivity contribution in [2.45, 2.75) is 6.54 Å². The van der Waals surface area contributed by atoms with E-state index >= 15 is 0 Å². The molecule has 3 heteroatoms. The summed E-state index contributed by atoms with van der Waals surface area (Å²) < 4.78 is 0. The zero-order chi connectivity index (χ0) is 8.39. The minimum absolute atomic E-state index is 0.519. The molecule has 0 amide bonds. The molecule has 12 heavy (non-hydrogen) atoms. The van der Waals surface area contributed by atoms with Gasteiger partial charge in [0.1, 0.15) is 5.69 Å². The molecule has 0 spiro atoms. The van der Waals surface area contributed by atoms with Crippen molar-refractivity contribution in [3.63, 3.8) is 0 Å². The molecule has 1 aliphatic rings. The average Bonchev–Trinajstić information content (AvgIpc) is 2.17. The number of nitrogens with zero attached hydrogens (tertiary/aromatic N) is 1. The van der Waals surface area contributed by atoms with Gasteiger partial charge in [-0.1, -0.05) is 12.1 Å².